The molecule has 0 spiro atoms. The lowest BCUT2D eigenvalue weighted by atomic mass is 9.98. The summed E-state index contributed by atoms with van der Waals surface area (Å²) >= 11 is 0. The molecule has 2 aromatic carbocycles. The lowest BCUT2D eigenvalue weighted by molar-refractivity contribution is -0.169. The van der Waals surface area contributed by atoms with Crippen LogP contribution >= 0.6 is 0 Å². The highest BCUT2D eigenvalue weighted by Gasteiger charge is 2.32. The van der Waals surface area contributed by atoms with Crippen LogP contribution in [0.4, 0.5) is 0 Å². The third-order valence-corrected chi connectivity index (χ3v) is 4.77. The number of ketones is 1. The molecular formula is C23H28O4. The molecule has 0 saturated carbocycles. The number of hydrogen-bond donors (Lipinski definition) is 0. The first-order valence-corrected chi connectivity index (χ1v) is 9.63. The summed E-state index contributed by atoms with van der Waals surface area (Å²) in [5.41, 5.74) is 2.28. The standard InChI is InChI=1S/C23H28O4/c1-18(24)14-21-12-13-22(26-16-20-10-6-3-7-11-20)23(27-21)17-25-15-19-8-4-2-5-9-19/h2-11,21-23H,12-17H2,1H3/t21-,22-,23+/m0/s1. The van der Waals surface area contributed by atoms with E-state index in [0.717, 1.165) is 24.0 Å². The lowest BCUT2D eigenvalue weighted by Crippen LogP contribution is -2.43. The second kappa shape index (κ2) is 10.4. The summed E-state index contributed by atoms with van der Waals surface area (Å²) in [6, 6.07) is 20.2. The summed E-state index contributed by atoms with van der Waals surface area (Å²) < 4.78 is 18.2. The lowest BCUT2D eigenvalue weighted by Gasteiger charge is -2.36. The molecule has 0 aliphatic carbocycles. The third-order valence-electron chi connectivity index (χ3n) is 4.77. The number of carbonyl (C=O) groups excluding carboxylic acids is 1. The highest BCUT2D eigenvalue weighted by molar-refractivity contribution is 5.75. The minimum atomic E-state index is -0.157. The number of rotatable bonds is 9. The van der Waals surface area contributed by atoms with E-state index in [0.29, 0.717) is 26.2 Å². The first kappa shape index (κ1) is 19.7. The van der Waals surface area contributed by atoms with Gasteiger partial charge in [0.25, 0.3) is 0 Å². The molecule has 0 N–H and O–H groups in total. The Morgan fingerprint density at radius 1 is 0.963 bits per heavy atom. The molecule has 1 heterocycles. The smallest absolute Gasteiger partial charge is 0.132 e. The van der Waals surface area contributed by atoms with Gasteiger partial charge in [-0.3, -0.25) is 4.79 Å². The van der Waals surface area contributed by atoms with Crippen molar-refractivity contribution < 1.29 is 19.0 Å². The van der Waals surface area contributed by atoms with Gasteiger partial charge >= 0.3 is 0 Å². The Morgan fingerprint density at radius 2 is 1.59 bits per heavy atom. The van der Waals surface area contributed by atoms with E-state index < -0.39 is 0 Å². The zero-order valence-electron chi connectivity index (χ0n) is 15.9. The molecule has 1 aliphatic rings. The van der Waals surface area contributed by atoms with Crippen molar-refractivity contribution in [2.24, 2.45) is 0 Å². The van der Waals surface area contributed by atoms with Crippen LogP contribution in [0.2, 0.25) is 0 Å². The number of ether oxygens (including phenoxy) is 3. The Balaban J connectivity index is 1.55. The van der Waals surface area contributed by atoms with Gasteiger partial charge in [0.15, 0.2) is 0 Å². The number of carbonyl (C=O) groups is 1. The summed E-state index contributed by atoms with van der Waals surface area (Å²) in [6.07, 6.45) is 1.96. The van der Waals surface area contributed by atoms with Gasteiger partial charge in [-0.2, -0.15) is 0 Å². The van der Waals surface area contributed by atoms with Gasteiger partial charge in [0.1, 0.15) is 11.9 Å². The Bertz CT molecular complexity index is 686. The molecule has 4 heteroatoms. The molecule has 1 saturated heterocycles. The monoisotopic (exact) mass is 368 g/mol. The van der Waals surface area contributed by atoms with Crippen LogP contribution < -0.4 is 0 Å². The van der Waals surface area contributed by atoms with Gasteiger partial charge < -0.3 is 14.2 Å². The average Bonchev–Trinajstić information content (AvgIpc) is 2.68. The Labute approximate surface area is 161 Å². The van der Waals surface area contributed by atoms with Gasteiger partial charge in [0, 0.05) is 6.42 Å². The van der Waals surface area contributed by atoms with E-state index >= 15 is 0 Å². The van der Waals surface area contributed by atoms with E-state index in [2.05, 4.69) is 12.1 Å². The topological polar surface area (TPSA) is 44.8 Å². The van der Waals surface area contributed by atoms with Gasteiger partial charge in [0.2, 0.25) is 0 Å². The quantitative estimate of drug-likeness (QED) is 0.661. The van der Waals surface area contributed by atoms with Crippen LogP contribution in [0.1, 0.15) is 37.3 Å². The van der Waals surface area contributed by atoms with Gasteiger partial charge in [-0.15, -0.1) is 0 Å². The molecular weight excluding hydrogens is 340 g/mol. The van der Waals surface area contributed by atoms with Crippen molar-refractivity contribution in [3.63, 3.8) is 0 Å². The molecule has 4 nitrogen and oxygen atoms in total. The molecule has 1 aliphatic heterocycles. The van der Waals surface area contributed by atoms with Crippen LogP contribution in [0, 0.1) is 0 Å². The van der Waals surface area contributed by atoms with Crippen molar-refractivity contribution >= 4 is 5.78 Å². The van der Waals surface area contributed by atoms with E-state index in [1.165, 1.54) is 0 Å². The minimum absolute atomic E-state index is 0.0239. The predicted molar refractivity (Wildman–Crippen MR) is 104 cm³/mol. The van der Waals surface area contributed by atoms with Crippen LogP contribution in [0.15, 0.2) is 60.7 Å². The highest BCUT2D eigenvalue weighted by Crippen LogP contribution is 2.26. The van der Waals surface area contributed by atoms with Crippen LogP contribution in [-0.2, 0) is 32.2 Å². The van der Waals surface area contributed by atoms with E-state index in [4.69, 9.17) is 14.2 Å². The van der Waals surface area contributed by atoms with Crippen molar-refractivity contribution in [1.29, 1.82) is 0 Å². The fourth-order valence-electron chi connectivity index (χ4n) is 3.39. The molecule has 0 unspecified atom stereocenters. The van der Waals surface area contributed by atoms with Crippen molar-refractivity contribution in [3.8, 4) is 0 Å². The van der Waals surface area contributed by atoms with Gasteiger partial charge in [0.05, 0.1) is 32.0 Å². The molecule has 3 atom stereocenters. The maximum absolute atomic E-state index is 11.5. The third kappa shape index (κ3) is 6.58. The Hall–Kier alpha value is -2.01. The molecule has 144 valence electrons. The second-order valence-corrected chi connectivity index (χ2v) is 7.12. The average molecular weight is 368 g/mol. The van der Waals surface area contributed by atoms with Gasteiger partial charge in [-0.05, 0) is 30.9 Å². The van der Waals surface area contributed by atoms with E-state index in [1.807, 2.05) is 48.5 Å². The number of Topliss-reactive ketones (excluding diaryl/α,β-unsaturated/α-hetero) is 1. The van der Waals surface area contributed by atoms with Gasteiger partial charge in [-0.1, -0.05) is 60.7 Å². The second-order valence-electron chi connectivity index (χ2n) is 7.12. The SMILES string of the molecule is CC(=O)C[C@@H]1CC[C@H](OCc2ccccc2)[C@@H](COCc2ccccc2)O1. The summed E-state index contributed by atoms with van der Waals surface area (Å²) in [6.45, 7) is 3.18. The number of benzene rings is 2. The maximum Gasteiger partial charge on any atom is 0.132 e. The predicted octanol–water partition coefficient (Wildman–Crippen LogP) is 4.32. The fourth-order valence-corrected chi connectivity index (χ4v) is 3.39. The Kier molecular flexibility index (Phi) is 7.57. The molecule has 2 aromatic rings. The summed E-state index contributed by atoms with van der Waals surface area (Å²) in [5.74, 6) is 0.160. The number of hydrogen-bond acceptors (Lipinski definition) is 4. The van der Waals surface area contributed by atoms with E-state index in [9.17, 15) is 4.79 Å². The first-order chi connectivity index (χ1) is 13.2. The van der Waals surface area contributed by atoms with Crippen molar-refractivity contribution in [3.05, 3.63) is 71.8 Å². The van der Waals surface area contributed by atoms with E-state index in [-0.39, 0.29) is 24.1 Å². The summed E-state index contributed by atoms with van der Waals surface area (Å²) in [7, 11) is 0. The van der Waals surface area contributed by atoms with Crippen molar-refractivity contribution in [1.82, 2.24) is 0 Å². The molecule has 27 heavy (non-hydrogen) atoms. The van der Waals surface area contributed by atoms with Crippen LogP contribution in [0.3, 0.4) is 0 Å². The molecule has 3 rings (SSSR count). The van der Waals surface area contributed by atoms with Crippen LogP contribution in [0.5, 0.6) is 0 Å². The molecule has 1 fully saturated rings. The maximum atomic E-state index is 11.5. The van der Waals surface area contributed by atoms with E-state index in [1.54, 1.807) is 6.92 Å². The van der Waals surface area contributed by atoms with Crippen LogP contribution in [-0.4, -0.2) is 30.7 Å². The highest BCUT2D eigenvalue weighted by atomic mass is 16.6. The zero-order valence-corrected chi connectivity index (χ0v) is 15.9. The minimum Gasteiger partial charge on any atom is -0.374 e. The van der Waals surface area contributed by atoms with Crippen molar-refractivity contribution in [2.75, 3.05) is 6.61 Å². The van der Waals surface area contributed by atoms with Gasteiger partial charge in [-0.25, -0.2) is 0 Å². The molecule has 0 amide bonds. The summed E-state index contributed by atoms with van der Waals surface area (Å²) in [4.78, 5) is 11.5. The molecule has 0 aromatic heterocycles. The van der Waals surface area contributed by atoms with Crippen molar-refractivity contribution in [2.45, 2.75) is 57.7 Å². The normalized spacial score (nSPS) is 22.5. The largest absolute Gasteiger partial charge is 0.374 e. The zero-order chi connectivity index (χ0) is 18.9. The van der Waals surface area contributed by atoms with Crippen LogP contribution in [0.25, 0.3) is 0 Å². The molecule has 0 radical (unpaired) electrons. The first-order valence-electron chi connectivity index (χ1n) is 9.63. The summed E-state index contributed by atoms with van der Waals surface area (Å²) in [5, 5.41) is 0. The Morgan fingerprint density at radius 3 is 2.22 bits per heavy atom. The fraction of sp³-hybridized carbons (Fsp3) is 0.435. The molecule has 0 bridgehead atoms.